The number of carbonyl (C=O) groups is 2. The van der Waals surface area contributed by atoms with Crippen LogP contribution in [0.3, 0.4) is 0 Å². The predicted molar refractivity (Wildman–Crippen MR) is 104 cm³/mol. The van der Waals surface area contributed by atoms with Crippen LogP contribution < -0.4 is 14.8 Å². The molecule has 2 amide bonds. The fourth-order valence-electron chi connectivity index (χ4n) is 3.07. The van der Waals surface area contributed by atoms with Crippen LogP contribution in [0.2, 0.25) is 0 Å². The van der Waals surface area contributed by atoms with Crippen molar-refractivity contribution in [2.45, 2.75) is 12.5 Å². The van der Waals surface area contributed by atoms with Crippen LogP contribution in [-0.2, 0) is 4.79 Å². The molecule has 1 N–H and O–H groups in total. The number of nitrogens with one attached hydrogen (secondary N) is 1. The lowest BCUT2D eigenvalue weighted by molar-refractivity contribution is -0.119. The second kappa shape index (κ2) is 7.92. The van der Waals surface area contributed by atoms with E-state index in [1.165, 1.54) is 0 Å². The van der Waals surface area contributed by atoms with Crippen molar-refractivity contribution >= 4 is 29.3 Å². The number of benzene rings is 2. The number of anilines is 1. The number of amides is 2. The van der Waals surface area contributed by atoms with Gasteiger partial charge in [0.2, 0.25) is 5.91 Å². The maximum absolute atomic E-state index is 12.8. The van der Waals surface area contributed by atoms with Crippen molar-refractivity contribution in [2.24, 2.45) is 0 Å². The molecule has 0 bridgehead atoms. The summed E-state index contributed by atoms with van der Waals surface area (Å²) in [5.41, 5.74) is 1.22. The topological polar surface area (TPSA) is 67.9 Å². The highest BCUT2D eigenvalue weighted by Crippen LogP contribution is 2.32. The Morgan fingerprint density at radius 1 is 1.04 bits per heavy atom. The first-order chi connectivity index (χ1) is 13.2. The number of fused-ring (bicyclic) bond motifs is 1. The molecule has 2 aliphatic heterocycles. The minimum absolute atomic E-state index is 0.126. The van der Waals surface area contributed by atoms with Crippen LogP contribution >= 0.6 is 11.8 Å². The first kappa shape index (κ1) is 17.7. The molecule has 6 nitrogen and oxygen atoms in total. The van der Waals surface area contributed by atoms with Gasteiger partial charge in [-0.2, -0.15) is 0 Å². The average molecular weight is 384 g/mol. The zero-order valence-corrected chi connectivity index (χ0v) is 15.5. The summed E-state index contributed by atoms with van der Waals surface area (Å²) in [6.45, 7) is 1.21. The third kappa shape index (κ3) is 3.88. The Bertz CT molecular complexity index is 843. The van der Waals surface area contributed by atoms with Crippen molar-refractivity contribution < 1.29 is 19.1 Å². The number of ether oxygens (including phenoxy) is 2. The highest BCUT2D eigenvalue weighted by molar-refractivity contribution is 7.99. The van der Waals surface area contributed by atoms with Gasteiger partial charge in [-0.3, -0.25) is 9.59 Å². The van der Waals surface area contributed by atoms with Gasteiger partial charge in [0.25, 0.3) is 5.91 Å². The van der Waals surface area contributed by atoms with E-state index in [1.54, 1.807) is 47.0 Å². The largest absolute Gasteiger partial charge is 0.490 e. The minimum atomic E-state index is -0.501. The van der Waals surface area contributed by atoms with Gasteiger partial charge in [0.05, 0.1) is 19.1 Å². The number of hydrogen-bond acceptors (Lipinski definition) is 5. The smallest absolute Gasteiger partial charge is 0.255 e. The third-order valence-corrected chi connectivity index (χ3v) is 5.49. The molecule has 2 aliphatic rings. The molecule has 2 aromatic rings. The second-order valence-corrected chi connectivity index (χ2v) is 7.36. The number of rotatable bonds is 3. The van der Waals surface area contributed by atoms with Gasteiger partial charge in [-0.1, -0.05) is 18.2 Å². The Morgan fingerprint density at radius 3 is 2.63 bits per heavy atom. The van der Waals surface area contributed by atoms with Gasteiger partial charge in [0.1, 0.15) is 6.04 Å². The molecule has 0 radical (unpaired) electrons. The summed E-state index contributed by atoms with van der Waals surface area (Å²) in [6.07, 6.45) is 0.826. The normalized spacial score (nSPS) is 18.7. The van der Waals surface area contributed by atoms with Gasteiger partial charge < -0.3 is 19.7 Å². The summed E-state index contributed by atoms with van der Waals surface area (Å²) in [5.74, 6) is 2.08. The molecule has 0 spiro atoms. The van der Waals surface area contributed by atoms with Crippen molar-refractivity contribution in [3.05, 3.63) is 54.1 Å². The van der Waals surface area contributed by atoms with Crippen LogP contribution in [0.1, 0.15) is 16.8 Å². The van der Waals surface area contributed by atoms with E-state index in [0.717, 1.165) is 6.42 Å². The molecule has 4 rings (SSSR count). The van der Waals surface area contributed by atoms with E-state index >= 15 is 0 Å². The first-order valence-electron chi connectivity index (χ1n) is 8.86. The zero-order valence-electron chi connectivity index (χ0n) is 14.7. The highest BCUT2D eigenvalue weighted by Gasteiger charge is 2.35. The van der Waals surface area contributed by atoms with Crippen LogP contribution in [0.5, 0.6) is 11.5 Å². The first-order valence-corrected chi connectivity index (χ1v) is 10.0. The fourth-order valence-corrected chi connectivity index (χ4v) is 4.23. The Balaban J connectivity index is 1.47. The quantitative estimate of drug-likeness (QED) is 0.881. The highest BCUT2D eigenvalue weighted by atomic mass is 32.2. The summed E-state index contributed by atoms with van der Waals surface area (Å²) in [6, 6.07) is 13.9. The summed E-state index contributed by atoms with van der Waals surface area (Å²) in [5, 5.41) is 2.91. The van der Waals surface area contributed by atoms with Gasteiger partial charge in [-0.05, 0) is 24.3 Å². The van der Waals surface area contributed by atoms with Gasteiger partial charge in [0, 0.05) is 29.5 Å². The lowest BCUT2D eigenvalue weighted by Gasteiger charge is -2.23. The fraction of sp³-hybridized carbons (Fsp3) is 0.300. The van der Waals surface area contributed by atoms with Crippen LogP contribution in [0.4, 0.5) is 5.69 Å². The van der Waals surface area contributed by atoms with E-state index in [0.29, 0.717) is 47.6 Å². The van der Waals surface area contributed by atoms with Crippen molar-refractivity contribution in [2.75, 3.05) is 30.2 Å². The Labute approximate surface area is 161 Å². The Hall–Kier alpha value is -2.67. The minimum Gasteiger partial charge on any atom is -0.490 e. The monoisotopic (exact) mass is 384 g/mol. The zero-order chi connectivity index (χ0) is 18.6. The van der Waals surface area contributed by atoms with Gasteiger partial charge >= 0.3 is 0 Å². The summed E-state index contributed by atoms with van der Waals surface area (Å²) in [4.78, 5) is 27.2. The lowest BCUT2D eigenvalue weighted by atomic mass is 10.1. The van der Waals surface area contributed by atoms with E-state index < -0.39 is 6.04 Å². The van der Waals surface area contributed by atoms with Crippen molar-refractivity contribution in [1.29, 1.82) is 0 Å². The standard InChI is InChI=1S/C20H20N2O4S/c23-19(21-15-7-8-17-18(11-15)26-10-4-9-25-17)16-12-27-13-22(16)20(24)14-5-2-1-3-6-14/h1-3,5-8,11,16H,4,9-10,12-13H2,(H,21,23)/t16-/m0/s1. The molecule has 0 saturated carbocycles. The Morgan fingerprint density at radius 2 is 1.81 bits per heavy atom. The van der Waals surface area contributed by atoms with Crippen LogP contribution in [0.15, 0.2) is 48.5 Å². The molecule has 0 aliphatic carbocycles. The van der Waals surface area contributed by atoms with Crippen LogP contribution in [-0.4, -0.2) is 47.6 Å². The van der Waals surface area contributed by atoms with Crippen molar-refractivity contribution in [3.63, 3.8) is 0 Å². The van der Waals surface area contributed by atoms with Gasteiger partial charge in [-0.15, -0.1) is 11.8 Å². The predicted octanol–water partition coefficient (Wildman–Crippen LogP) is 3.00. The molecule has 27 heavy (non-hydrogen) atoms. The summed E-state index contributed by atoms with van der Waals surface area (Å²) in [7, 11) is 0. The molecule has 0 unspecified atom stereocenters. The molecule has 1 fully saturated rings. The van der Waals surface area contributed by atoms with Gasteiger partial charge in [-0.25, -0.2) is 0 Å². The number of thioether (sulfide) groups is 1. The maximum Gasteiger partial charge on any atom is 0.255 e. The molecular weight excluding hydrogens is 364 g/mol. The molecule has 140 valence electrons. The molecule has 2 heterocycles. The SMILES string of the molecule is O=C(Nc1ccc2c(c1)OCCCO2)[C@@H]1CSCN1C(=O)c1ccccc1. The maximum atomic E-state index is 12.8. The molecule has 7 heteroatoms. The number of carbonyl (C=O) groups excluding carboxylic acids is 2. The Kier molecular flexibility index (Phi) is 5.20. The molecular formula is C20H20N2O4S. The summed E-state index contributed by atoms with van der Waals surface area (Å²) < 4.78 is 11.3. The third-order valence-electron chi connectivity index (χ3n) is 4.48. The second-order valence-electron chi connectivity index (χ2n) is 6.36. The molecule has 2 aromatic carbocycles. The van der Waals surface area contributed by atoms with E-state index in [2.05, 4.69) is 5.32 Å². The van der Waals surface area contributed by atoms with E-state index in [4.69, 9.17) is 9.47 Å². The number of hydrogen-bond donors (Lipinski definition) is 1. The van der Waals surface area contributed by atoms with E-state index in [9.17, 15) is 9.59 Å². The van der Waals surface area contributed by atoms with E-state index in [1.807, 2.05) is 18.2 Å². The molecule has 1 atom stereocenters. The lowest BCUT2D eigenvalue weighted by Crippen LogP contribution is -2.44. The molecule has 0 aromatic heterocycles. The summed E-state index contributed by atoms with van der Waals surface area (Å²) >= 11 is 1.58. The van der Waals surface area contributed by atoms with Crippen molar-refractivity contribution in [3.8, 4) is 11.5 Å². The van der Waals surface area contributed by atoms with Crippen LogP contribution in [0, 0.1) is 0 Å². The average Bonchev–Trinajstić information content (AvgIpc) is 3.08. The van der Waals surface area contributed by atoms with Gasteiger partial charge in [0.15, 0.2) is 11.5 Å². The molecule has 1 saturated heterocycles. The number of nitrogens with zero attached hydrogens (tertiary/aromatic N) is 1. The van der Waals surface area contributed by atoms with E-state index in [-0.39, 0.29) is 11.8 Å². The van der Waals surface area contributed by atoms with Crippen LogP contribution in [0.25, 0.3) is 0 Å². The van der Waals surface area contributed by atoms with Crippen molar-refractivity contribution in [1.82, 2.24) is 4.90 Å².